The molecule has 3 N–H and O–H groups in total. The summed E-state index contributed by atoms with van der Waals surface area (Å²) in [6.07, 6.45) is 2.47. The Labute approximate surface area is 130 Å². The highest BCUT2D eigenvalue weighted by atomic mass is 16.5. The minimum atomic E-state index is -0.234. The molecule has 22 heavy (non-hydrogen) atoms. The van der Waals surface area contributed by atoms with E-state index in [1.54, 1.807) is 17.0 Å². The number of nitrogens with one attached hydrogen (secondary N) is 1. The fourth-order valence-electron chi connectivity index (χ4n) is 2.61. The monoisotopic (exact) mass is 305 g/mol. The zero-order valence-corrected chi connectivity index (χ0v) is 12.9. The van der Waals surface area contributed by atoms with Crippen molar-refractivity contribution in [3.8, 4) is 5.75 Å². The van der Waals surface area contributed by atoms with Gasteiger partial charge >= 0.3 is 0 Å². The van der Waals surface area contributed by atoms with Crippen LogP contribution in [0.3, 0.4) is 0 Å². The molecular weight excluding hydrogens is 282 g/mol. The molecule has 0 aromatic heterocycles. The van der Waals surface area contributed by atoms with Gasteiger partial charge in [0.1, 0.15) is 5.75 Å². The number of piperidine rings is 1. The van der Waals surface area contributed by atoms with E-state index in [1.807, 2.05) is 19.1 Å². The van der Waals surface area contributed by atoms with E-state index in [0.717, 1.165) is 19.3 Å². The average Bonchev–Trinajstić information content (AvgIpc) is 2.59. The molecular formula is C16H23N3O3. The Morgan fingerprint density at radius 1 is 1.45 bits per heavy atom. The zero-order valence-electron chi connectivity index (χ0n) is 12.9. The Morgan fingerprint density at radius 2 is 2.27 bits per heavy atom. The first kappa shape index (κ1) is 16.3. The van der Waals surface area contributed by atoms with Gasteiger partial charge in [0.05, 0.1) is 12.5 Å². The van der Waals surface area contributed by atoms with Crippen LogP contribution in [0.5, 0.6) is 5.75 Å². The molecule has 1 unspecified atom stereocenters. The maximum absolute atomic E-state index is 12.6. The van der Waals surface area contributed by atoms with Crippen LogP contribution in [0.4, 0.5) is 0 Å². The van der Waals surface area contributed by atoms with Gasteiger partial charge in [-0.2, -0.15) is 0 Å². The summed E-state index contributed by atoms with van der Waals surface area (Å²) in [5.74, 6) is 5.36. The van der Waals surface area contributed by atoms with Crippen molar-refractivity contribution >= 4 is 11.8 Å². The third kappa shape index (κ3) is 3.98. The molecule has 6 nitrogen and oxygen atoms in total. The van der Waals surface area contributed by atoms with Gasteiger partial charge in [0.15, 0.2) is 0 Å². The number of hydrogen-bond acceptors (Lipinski definition) is 4. The first-order chi connectivity index (χ1) is 10.7. The lowest BCUT2D eigenvalue weighted by Gasteiger charge is -2.31. The topological polar surface area (TPSA) is 84.7 Å². The van der Waals surface area contributed by atoms with Crippen molar-refractivity contribution in [2.24, 2.45) is 11.8 Å². The molecule has 1 aliphatic rings. The second-order valence-corrected chi connectivity index (χ2v) is 5.48. The molecule has 1 aromatic carbocycles. The summed E-state index contributed by atoms with van der Waals surface area (Å²) in [5.41, 5.74) is 2.75. The van der Waals surface area contributed by atoms with Crippen LogP contribution in [-0.2, 0) is 4.79 Å². The Bertz CT molecular complexity index is 533. The van der Waals surface area contributed by atoms with Crippen molar-refractivity contribution in [3.63, 3.8) is 0 Å². The van der Waals surface area contributed by atoms with E-state index in [1.165, 1.54) is 0 Å². The highest BCUT2D eigenvalue weighted by molar-refractivity contribution is 5.95. The summed E-state index contributed by atoms with van der Waals surface area (Å²) in [7, 11) is 0. The van der Waals surface area contributed by atoms with Crippen LogP contribution in [-0.4, -0.2) is 36.4 Å². The molecule has 120 valence electrons. The number of carbonyl (C=O) groups is 2. The maximum atomic E-state index is 12.6. The number of likely N-dealkylation sites (tertiary alicyclic amines) is 1. The molecule has 1 saturated heterocycles. The van der Waals surface area contributed by atoms with E-state index < -0.39 is 0 Å². The van der Waals surface area contributed by atoms with E-state index in [0.29, 0.717) is 31.0 Å². The standard InChI is InChI=1S/C16H23N3O3/c1-2-9-22-14-7-3-5-12(10-14)16(21)19-8-4-6-13(11-19)15(20)18-17/h3,5,7,10,13H,2,4,6,8-9,11,17H2,1H3,(H,18,20). The SMILES string of the molecule is CCCOc1cccc(C(=O)N2CCCC(C(=O)NN)C2)c1. The fraction of sp³-hybridized carbons (Fsp3) is 0.500. The molecule has 1 aromatic rings. The van der Waals surface area contributed by atoms with Crippen molar-refractivity contribution in [3.05, 3.63) is 29.8 Å². The zero-order chi connectivity index (χ0) is 15.9. The van der Waals surface area contributed by atoms with Crippen molar-refractivity contribution in [1.29, 1.82) is 0 Å². The average molecular weight is 305 g/mol. The molecule has 2 amide bonds. The number of carbonyl (C=O) groups excluding carboxylic acids is 2. The molecule has 0 aliphatic carbocycles. The van der Waals surface area contributed by atoms with Crippen molar-refractivity contribution in [2.75, 3.05) is 19.7 Å². The summed E-state index contributed by atoms with van der Waals surface area (Å²) in [6, 6.07) is 7.18. The second-order valence-electron chi connectivity index (χ2n) is 5.48. The molecule has 0 spiro atoms. The molecule has 1 atom stereocenters. The van der Waals surface area contributed by atoms with Crippen molar-refractivity contribution in [2.45, 2.75) is 26.2 Å². The minimum absolute atomic E-state index is 0.0727. The van der Waals surface area contributed by atoms with Crippen molar-refractivity contribution in [1.82, 2.24) is 10.3 Å². The largest absolute Gasteiger partial charge is 0.494 e. The first-order valence-electron chi connectivity index (χ1n) is 7.68. The van der Waals surface area contributed by atoms with Crippen LogP contribution < -0.4 is 16.0 Å². The summed E-state index contributed by atoms with van der Waals surface area (Å²) >= 11 is 0. The highest BCUT2D eigenvalue weighted by Crippen LogP contribution is 2.20. The van der Waals surface area contributed by atoms with Gasteiger partial charge < -0.3 is 9.64 Å². The van der Waals surface area contributed by atoms with Gasteiger partial charge in [-0.1, -0.05) is 13.0 Å². The summed E-state index contributed by atoms with van der Waals surface area (Å²) in [6.45, 7) is 3.72. The van der Waals surface area contributed by atoms with Crippen LogP contribution >= 0.6 is 0 Å². The number of ether oxygens (including phenoxy) is 1. The Hall–Kier alpha value is -2.08. The van der Waals surface area contributed by atoms with Gasteiger partial charge in [-0.3, -0.25) is 15.0 Å². The maximum Gasteiger partial charge on any atom is 0.254 e. The van der Waals surface area contributed by atoms with Crippen LogP contribution in [0.2, 0.25) is 0 Å². The Balaban J connectivity index is 2.05. The fourth-order valence-corrected chi connectivity index (χ4v) is 2.61. The number of nitrogens with two attached hydrogens (primary N) is 1. The lowest BCUT2D eigenvalue weighted by Crippen LogP contribution is -2.47. The molecule has 6 heteroatoms. The number of hydrazine groups is 1. The Kier molecular flexibility index (Phi) is 5.77. The van der Waals surface area contributed by atoms with E-state index >= 15 is 0 Å². The second kappa shape index (κ2) is 7.79. The number of rotatable bonds is 5. The Morgan fingerprint density at radius 3 is 3.00 bits per heavy atom. The van der Waals surface area contributed by atoms with Gasteiger partial charge in [0.2, 0.25) is 5.91 Å². The number of nitrogens with zero attached hydrogens (tertiary/aromatic N) is 1. The highest BCUT2D eigenvalue weighted by Gasteiger charge is 2.28. The van der Waals surface area contributed by atoms with Crippen molar-refractivity contribution < 1.29 is 14.3 Å². The molecule has 0 bridgehead atoms. The lowest BCUT2D eigenvalue weighted by atomic mass is 9.96. The normalized spacial score (nSPS) is 17.9. The predicted octanol–water partition coefficient (Wildman–Crippen LogP) is 1.32. The smallest absolute Gasteiger partial charge is 0.254 e. The number of amides is 2. The molecule has 1 aliphatic heterocycles. The molecule has 1 fully saturated rings. The van der Waals surface area contributed by atoms with Gasteiger partial charge in [0, 0.05) is 18.7 Å². The van der Waals surface area contributed by atoms with Gasteiger partial charge in [-0.25, -0.2) is 5.84 Å². The molecule has 1 heterocycles. The molecule has 0 radical (unpaired) electrons. The van der Waals surface area contributed by atoms with Crippen LogP contribution in [0.25, 0.3) is 0 Å². The lowest BCUT2D eigenvalue weighted by molar-refractivity contribution is -0.126. The quantitative estimate of drug-likeness (QED) is 0.488. The molecule has 2 rings (SSSR count). The number of benzene rings is 1. The predicted molar refractivity (Wildman–Crippen MR) is 83.2 cm³/mol. The summed E-state index contributed by atoms with van der Waals surface area (Å²) in [4.78, 5) is 26.0. The van der Waals surface area contributed by atoms with Gasteiger partial charge in [-0.15, -0.1) is 0 Å². The third-order valence-electron chi connectivity index (χ3n) is 3.78. The first-order valence-corrected chi connectivity index (χ1v) is 7.68. The van der Waals surface area contributed by atoms with Gasteiger partial charge in [0.25, 0.3) is 5.91 Å². The summed E-state index contributed by atoms with van der Waals surface area (Å²) in [5, 5.41) is 0. The van der Waals surface area contributed by atoms with Crippen LogP contribution in [0.1, 0.15) is 36.5 Å². The van der Waals surface area contributed by atoms with Crippen LogP contribution in [0.15, 0.2) is 24.3 Å². The minimum Gasteiger partial charge on any atom is -0.494 e. The van der Waals surface area contributed by atoms with E-state index in [9.17, 15) is 9.59 Å². The van der Waals surface area contributed by atoms with E-state index in [2.05, 4.69) is 5.43 Å². The molecule has 0 saturated carbocycles. The van der Waals surface area contributed by atoms with E-state index in [4.69, 9.17) is 10.6 Å². The summed E-state index contributed by atoms with van der Waals surface area (Å²) < 4.78 is 5.56. The van der Waals surface area contributed by atoms with Crippen LogP contribution in [0, 0.1) is 5.92 Å². The number of hydrogen-bond donors (Lipinski definition) is 2. The van der Waals surface area contributed by atoms with Gasteiger partial charge in [-0.05, 0) is 37.5 Å². The third-order valence-corrected chi connectivity index (χ3v) is 3.78. The van der Waals surface area contributed by atoms with E-state index in [-0.39, 0.29) is 17.7 Å².